The molecule has 2 heterocycles. The summed E-state index contributed by atoms with van der Waals surface area (Å²) in [5.74, 6) is -0.235. The van der Waals surface area contributed by atoms with Crippen LogP contribution in [0.4, 0.5) is 5.82 Å². The SMILES string of the molecule is Cn1cccc1C(=O)OCC(=O)Nc1ccnn1C1CCCC1. The fourth-order valence-corrected chi connectivity index (χ4v) is 2.91. The smallest absolute Gasteiger partial charge is 0.355 e. The zero-order valence-corrected chi connectivity index (χ0v) is 13.1. The van der Waals surface area contributed by atoms with Crippen LogP contribution in [0.15, 0.2) is 30.6 Å². The largest absolute Gasteiger partial charge is 0.451 e. The average molecular weight is 316 g/mol. The molecule has 7 heteroatoms. The summed E-state index contributed by atoms with van der Waals surface area (Å²) in [6.45, 7) is -0.320. The van der Waals surface area contributed by atoms with Gasteiger partial charge in [-0.15, -0.1) is 0 Å². The number of carbonyl (C=O) groups excluding carboxylic acids is 2. The number of aryl methyl sites for hydroxylation is 1. The fraction of sp³-hybridized carbons (Fsp3) is 0.438. The van der Waals surface area contributed by atoms with Gasteiger partial charge >= 0.3 is 5.97 Å². The molecule has 1 fully saturated rings. The third kappa shape index (κ3) is 3.44. The first-order valence-electron chi connectivity index (χ1n) is 7.77. The van der Waals surface area contributed by atoms with E-state index in [-0.39, 0.29) is 12.5 Å². The Kier molecular flexibility index (Phi) is 4.45. The van der Waals surface area contributed by atoms with E-state index in [1.54, 1.807) is 42.2 Å². The summed E-state index contributed by atoms with van der Waals surface area (Å²) < 4.78 is 8.54. The van der Waals surface area contributed by atoms with Gasteiger partial charge in [-0.05, 0) is 25.0 Å². The lowest BCUT2D eigenvalue weighted by molar-refractivity contribution is -0.119. The summed E-state index contributed by atoms with van der Waals surface area (Å²) in [4.78, 5) is 23.9. The van der Waals surface area contributed by atoms with E-state index >= 15 is 0 Å². The van der Waals surface area contributed by atoms with Crippen LogP contribution in [0.5, 0.6) is 0 Å². The minimum absolute atomic E-state index is 0.320. The first-order chi connectivity index (χ1) is 11.1. The maximum Gasteiger partial charge on any atom is 0.355 e. The number of amides is 1. The third-order valence-corrected chi connectivity index (χ3v) is 4.10. The van der Waals surface area contributed by atoms with Crippen LogP contribution in [0.2, 0.25) is 0 Å². The molecule has 1 N–H and O–H groups in total. The van der Waals surface area contributed by atoms with Crippen molar-refractivity contribution in [1.29, 1.82) is 0 Å². The lowest BCUT2D eigenvalue weighted by atomic mass is 10.2. The van der Waals surface area contributed by atoms with E-state index in [0.717, 1.165) is 12.8 Å². The topological polar surface area (TPSA) is 78.2 Å². The molecule has 7 nitrogen and oxygen atoms in total. The normalized spacial score (nSPS) is 14.8. The number of nitrogens with zero attached hydrogens (tertiary/aromatic N) is 3. The van der Waals surface area contributed by atoms with Crippen molar-refractivity contribution in [2.75, 3.05) is 11.9 Å². The van der Waals surface area contributed by atoms with Gasteiger partial charge in [0.15, 0.2) is 6.61 Å². The standard InChI is InChI=1S/C16H20N4O3/c1-19-10-4-7-13(19)16(22)23-11-15(21)18-14-8-9-17-20(14)12-5-2-3-6-12/h4,7-10,12H,2-3,5-6,11H2,1H3,(H,18,21). The van der Waals surface area contributed by atoms with Gasteiger partial charge in [0, 0.05) is 19.3 Å². The van der Waals surface area contributed by atoms with Gasteiger partial charge in [0.05, 0.1) is 12.2 Å². The molecule has 0 saturated heterocycles. The minimum Gasteiger partial charge on any atom is -0.451 e. The number of anilines is 1. The highest BCUT2D eigenvalue weighted by Gasteiger charge is 2.21. The molecule has 1 saturated carbocycles. The highest BCUT2D eigenvalue weighted by molar-refractivity contribution is 5.94. The summed E-state index contributed by atoms with van der Waals surface area (Å²) >= 11 is 0. The van der Waals surface area contributed by atoms with Crippen LogP contribution in [0.3, 0.4) is 0 Å². The molecule has 0 unspecified atom stereocenters. The molecule has 2 aromatic rings. The van der Waals surface area contributed by atoms with Crippen molar-refractivity contribution in [2.45, 2.75) is 31.7 Å². The van der Waals surface area contributed by atoms with Crippen LogP contribution < -0.4 is 5.32 Å². The van der Waals surface area contributed by atoms with E-state index in [1.807, 2.05) is 4.68 Å². The summed E-state index contributed by atoms with van der Waals surface area (Å²) in [6.07, 6.45) is 7.94. The molecule has 0 atom stereocenters. The Balaban J connectivity index is 1.55. The van der Waals surface area contributed by atoms with E-state index in [4.69, 9.17) is 4.74 Å². The molecular weight excluding hydrogens is 296 g/mol. The number of aromatic nitrogens is 3. The minimum atomic E-state index is -0.517. The average Bonchev–Trinajstić information content (AvgIpc) is 3.25. The maximum absolute atomic E-state index is 12.0. The Bertz CT molecular complexity index is 698. The molecular formula is C16H20N4O3. The third-order valence-electron chi connectivity index (χ3n) is 4.10. The molecule has 23 heavy (non-hydrogen) atoms. The number of rotatable bonds is 5. The van der Waals surface area contributed by atoms with Gasteiger partial charge in [0.25, 0.3) is 5.91 Å². The number of hydrogen-bond acceptors (Lipinski definition) is 4. The van der Waals surface area contributed by atoms with Crippen molar-refractivity contribution >= 4 is 17.7 Å². The predicted octanol–water partition coefficient (Wildman–Crippen LogP) is 2.13. The van der Waals surface area contributed by atoms with Gasteiger partial charge in [-0.2, -0.15) is 5.10 Å². The van der Waals surface area contributed by atoms with Crippen LogP contribution >= 0.6 is 0 Å². The highest BCUT2D eigenvalue weighted by atomic mass is 16.5. The van der Waals surface area contributed by atoms with Crippen molar-refractivity contribution in [1.82, 2.24) is 14.3 Å². The molecule has 0 aliphatic heterocycles. The molecule has 3 rings (SSSR count). The lowest BCUT2D eigenvalue weighted by Gasteiger charge is -2.14. The number of esters is 1. The summed E-state index contributed by atoms with van der Waals surface area (Å²) in [6, 6.07) is 5.49. The Hall–Kier alpha value is -2.57. The molecule has 2 aromatic heterocycles. The number of nitrogens with one attached hydrogen (secondary N) is 1. The molecule has 1 aliphatic carbocycles. The second-order valence-corrected chi connectivity index (χ2v) is 5.73. The molecule has 122 valence electrons. The molecule has 1 amide bonds. The summed E-state index contributed by atoms with van der Waals surface area (Å²) in [5.41, 5.74) is 0.411. The second-order valence-electron chi connectivity index (χ2n) is 5.73. The zero-order valence-electron chi connectivity index (χ0n) is 13.1. The monoisotopic (exact) mass is 316 g/mol. The van der Waals surface area contributed by atoms with Crippen molar-refractivity contribution in [3.63, 3.8) is 0 Å². The van der Waals surface area contributed by atoms with Gasteiger partial charge in [-0.1, -0.05) is 12.8 Å². The Morgan fingerprint density at radius 1 is 1.35 bits per heavy atom. The zero-order chi connectivity index (χ0) is 16.2. The fourth-order valence-electron chi connectivity index (χ4n) is 2.91. The molecule has 0 aromatic carbocycles. The first-order valence-corrected chi connectivity index (χ1v) is 7.77. The van der Waals surface area contributed by atoms with Gasteiger partial charge in [-0.3, -0.25) is 4.79 Å². The molecule has 0 radical (unpaired) electrons. The van der Waals surface area contributed by atoms with E-state index in [0.29, 0.717) is 17.6 Å². The predicted molar refractivity (Wildman–Crippen MR) is 84.1 cm³/mol. The highest BCUT2D eigenvalue weighted by Crippen LogP contribution is 2.31. The van der Waals surface area contributed by atoms with Crippen LogP contribution in [0.25, 0.3) is 0 Å². The molecule has 0 spiro atoms. The second kappa shape index (κ2) is 6.68. The van der Waals surface area contributed by atoms with Crippen molar-refractivity contribution in [2.24, 2.45) is 7.05 Å². The quantitative estimate of drug-likeness (QED) is 0.857. The maximum atomic E-state index is 12.0. The van der Waals surface area contributed by atoms with Crippen LogP contribution in [-0.4, -0.2) is 32.8 Å². The van der Waals surface area contributed by atoms with E-state index in [2.05, 4.69) is 10.4 Å². The number of carbonyl (C=O) groups is 2. The Morgan fingerprint density at radius 2 is 2.13 bits per heavy atom. The molecule has 0 bridgehead atoms. The van der Waals surface area contributed by atoms with Crippen molar-refractivity contribution in [3.05, 3.63) is 36.3 Å². The van der Waals surface area contributed by atoms with Crippen LogP contribution in [0, 0.1) is 0 Å². The lowest BCUT2D eigenvalue weighted by Crippen LogP contribution is -2.24. The van der Waals surface area contributed by atoms with Crippen LogP contribution in [0.1, 0.15) is 42.2 Å². The summed E-state index contributed by atoms with van der Waals surface area (Å²) in [7, 11) is 1.75. The van der Waals surface area contributed by atoms with Gasteiger partial charge < -0.3 is 14.6 Å². The Labute approximate surface area is 134 Å². The summed E-state index contributed by atoms with van der Waals surface area (Å²) in [5, 5.41) is 7.05. The van der Waals surface area contributed by atoms with Crippen LogP contribution in [-0.2, 0) is 16.6 Å². The van der Waals surface area contributed by atoms with E-state index in [1.165, 1.54) is 12.8 Å². The van der Waals surface area contributed by atoms with Crippen molar-refractivity contribution in [3.8, 4) is 0 Å². The molecule has 1 aliphatic rings. The Morgan fingerprint density at radius 3 is 2.83 bits per heavy atom. The van der Waals surface area contributed by atoms with E-state index in [9.17, 15) is 9.59 Å². The van der Waals surface area contributed by atoms with Crippen molar-refractivity contribution < 1.29 is 14.3 Å². The van der Waals surface area contributed by atoms with Gasteiger partial charge in [0.1, 0.15) is 11.5 Å². The van der Waals surface area contributed by atoms with Gasteiger partial charge in [0.2, 0.25) is 0 Å². The van der Waals surface area contributed by atoms with E-state index < -0.39 is 5.97 Å². The first kappa shape index (κ1) is 15.3. The van der Waals surface area contributed by atoms with Gasteiger partial charge in [-0.25, -0.2) is 9.48 Å². The number of ether oxygens (including phenoxy) is 1. The number of hydrogen-bond donors (Lipinski definition) is 1.